The first-order chi connectivity index (χ1) is 19.9. The first-order valence-corrected chi connectivity index (χ1v) is 14.5. The highest BCUT2D eigenvalue weighted by Crippen LogP contribution is 2.51. The fourth-order valence-corrected chi connectivity index (χ4v) is 6.31. The van der Waals surface area contributed by atoms with Crippen LogP contribution >= 0.6 is 15.9 Å². The molecule has 1 aliphatic heterocycles. The molecule has 1 atom stereocenters. The minimum absolute atomic E-state index is 0.0648. The Morgan fingerprint density at radius 2 is 1.76 bits per heavy atom. The van der Waals surface area contributed by atoms with Gasteiger partial charge >= 0.3 is 0 Å². The number of methoxy groups -OCH3 is 1. The van der Waals surface area contributed by atoms with Gasteiger partial charge in [-0.1, -0.05) is 41.9 Å². The van der Waals surface area contributed by atoms with Gasteiger partial charge in [-0.25, -0.2) is 4.39 Å². The summed E-state index contributed by atoms with van der Waals surface area (Å²) < 4.78 is 27.3. The van der Waals surface area contributed by atoms with Crippen molar-refractivity contribution in [1.82, 2.24) is 0 Å². The van der Waals surface area contributed by atoms with Gasteiger partial charge in [-0.2, -0.15) is 5.26 Å². The Morgan fingerprint density at radius 3 is 2.40 bits per heavy atom. The van der Waals surface area contributed by atoms with Crippen molar-refractivity contribution in [2.24, 2.45) is 11.1 Å². The number of aryl methyl sites for hydroxylation is 2. The smallest absolute Gasteiger partial charge is 0.162 e. The number of ketones is 1. The Bertz CT molecular complexity index is 1690. The number of hydrogen-bond donors (Lipinski definition) is 1. The minimum atomic E-state index is -0.677. The Balaban J connectivity index is 1.65. The van der Waals surface area contributed by atoms with Crippen molar-refractivity contribution in [1.29, 1.82) is 5.26 Å². The van der Waals surface area contributed by atoms with Gasteiger partial charge in [0, 0.05) is 22.2 Å². The van der Waals surface area contributed by atoms with Crippen molar-refractivity contribution in [3.63, 3.8) is 0 Å². The van der Waals surface area contributed by atoms with Crippen LogP contribution in [0.4, 0.5) is 10.1 Å². The van der Waals surface area contributed by atoms with E-state index in [1.807, 2.05) is 64.1 Å². The summed E-state index contributed by atoms with van der Waals surface area (Å²) in [7, 11) is 1.61. The fourth-order valence-electron chi connectivity index (χ4n) is 5.97. The van der Waals surface area contributed by atoms with E-state index in [0.29, 0.717) is 40.9 Å². The van der Waals surface area contributed by atoms with Crippen molar-refractivity contribution < 1.29 is 18.7 Å². The third-order valence-electron chi connectivity index (χ3n) is 8.02. The normalized spacial score (nSPS) is 18.1. The highest BCUT2D eigenvalue weighted by molar-refractivity contribution is 9.10. The summed E-state index contributed by atoms with van der Waals surface area (Å²) in [5.41, 5.74) is 11.6. The summed E-state index contributed by atoms with van der Waals surface area (Å²) in [6, 6.07) is 18.4. The van der Waals surface area contributed by atoms with Gasteiger partial charge in [0.15, 0.2) is 5.78 Å². The standard InChI is InChI=1S/C34H33BrFN3O3/c1-19-12-20(2)25(13-21(19)18-42-24-9-7-23(41-5)8-10-24)31-26(17-37)33(38)39(28-11-6-22(35)14-27(28)36)29-15-34(3,4)16-30(40)32(29)31/h6-14,31H,15-16,18,38H2,1-5H3. The lowest BCUT2D eigenvalue weighted by atomic mass is 9.68. The van der Waals surface area contributed by atoms with Crippen LogP contribution in [-0.4, -0.2) is 12.9 Å². The van der Waals surface area contributed by atoms with Gasteiger partial charge in [0.1, 0.15) is 29.7 Å². The molecule has 2 aliphatic rings. The maximum atomic E-state index is 15.4. The van der Waals surface area contributed by atoms with Crippen molar-refractivity contribution >= 4 is 27.4 Å². The van der Waals surface area contributed by atoms with Crippen LogP contribution in [0.25, 0.3) is 0 Å². The van der Waals surface area contributed by atoms with Crippen LogP contribution in [0.3, 0.4) is 0 Å². The second-order valence-electron chi connectivity index (χ2n) is 11.7. The van der Waals surface area contributed by atoms with Gasteiger partial charge in [0.25, 0.3) is 0 Å². The molecule has 0 saturated carbocycles. The van der Waals surface area contributed by atoms with Crippen LogP contribution in [0.1, 0.15) is 54.9 Å². The Kier molecular flexibility index (Phi) is 7.91. The van der Waals surface area contributed by atoms with E-state index < -0.39 is 11.7 Å². The molecule has 0 radical (unpaired) electrons. The number of hydrogen-bond acceptors (Lipinski definition) is 6. The minimum Gasteiger partial charge on any atom is -0.497 e. The number of nitriles is 1. The topological polar surface area (TPSA) is 88.6 Å². The summed E-state index contributed by atoms with van der Waals surface area (Å²) in [4.78, 5) is 15.5. The number of nitrogens with two attached hydrogens (primary N) is 1. The predicted octanol–water partition coefficient (Wildman–Crippen LogP) is 7.73. The molecule has 0 amide bonds. The third kappa shape index (κ3) is 5.41. The first-order valence-electron chi connectivity index (χ1n) is 13.7. The largest absolute Gasteiger partial charge is 0.497 e. The molecule has 42 heavy (non-hydrogen) atoms. The number of allylic oxidation sites excluding steroid dienone is 3. The molecule has 1 heterocycles. The molecule has 8 heteroatoms. The summed E-state index contributed by atoms with van der Waals surface area (Å²) in [6.07, 6.45) is 0.813. The van der Waals surface area contributed by atoms with E-state index in [9.17, 15) is 10.1 Å². The lowest BCUT2D eigenvalue weighted by Gasteiger charge is -2.44. The van der Waals surface area contributed by atoms with E-state index in [2.05, 4.69) is 22.0 Å². The van der Waals surface area contributed by atoms with Gasteiger partial charge in [-0.05, 0) is 90.4 Å². The number of Topliss-reactive ketones (excluding diaryl/α,β-unsaturated/α-hetero) is 1. The second kappa shape index (κ2) is 11.3. The molecule has 0 spiro atoms. The van der Waals surface area contributed by atoms with Crippen LogP contribution in [0.15, 0.2) is 81.7 Å². The van der Waals surface area contributed by atoms with Crippen LogP contribution in [0, 0.1) is 36.4 Å². The Labute approximate surface area is 254 Å². The highest BCUT2D eigenvalue weighted by Gasteiger charge is 2.45. The molecule has 3 aromatic carbocycles. The summed E-state index contributed by atoms with van der Waals surface area (Å²) in [5, 5.41) is 10.5. The molecule has 0 bridgehead atoms. The maximum Gasteiger partial charge on any atom is 0.162 e. The molecule has 216 valence electrons. The molecule has 0 saturated heterocycles. The molecule has 0 aromatic heterocycles. The average Bonchev–Trinajstić information content (AvgIpc) is 2.92. The van der Waals surface area contributed by atoms with Crippen molar-refractivity contribution in [2.45, 2.75) is 53.1 Å². The average molecular weight is 631 g/mol. The number of ether oxygens (including phenoxy) is 2. The maximum absolute atomic E-state index is 15.4. The molecular weight excluding hydrogens is 597 g/mol. The zero-order valence-corrected chi connectivity index (χ0v) is 25.9. The third-order valence-corrected chi connectivity index (χ3v) is 8.51. The Morgan fingerprint density at radius 1 is 1.07 bits per heavy atom. The van der Waals surface area contributed by atoms with Gasteiger partial charge in [0.05, 0.1) is 30.4 Å². The molecule has 0 fully saturated rings. The quantitative estimate of drug-likeness (QED) is 0.300. The van der Waals surface area contributed by atoms with Crippen LogP contribution in [0.2, 0.25) is 0 Å². The number of carbonyl (C=O) groups excluding carboxylic acids is 1. The number of carbonyl (C=O) groups is 1. The first kappa shape index (κ1) is 29.4. The fraction of sp³-hybridized carbons (Fsp3) is 0.294. The lowest BCUT2D eigenvalue weighted by Crippen LogP contribution is -2.42. The molecular formula is C34H33BrFN3O3. The number of nitrogens with zero attached hydrogens (tertiary/aromatic N) is 2. The van der Waals surface area contributed by atoms with Gasteiger partial charge in [-0.15, -0.1) is 0 Å². The lowest BCUT2D eigenvalue weighted by molar-refractivity contribution is -0.118. The summed E-state index contributed by atoms with van der Waals surface area (Å²) in [6.45, 7) is 8.32. The number of halogens is 2. The van der Waals surface area contributed by atoms with E-state index in [1.54, 1.807) is 24.1 Å². The zero-order valence-electron chi connectivity index (χ0n) is 24.3. The van der Waals surface area contributed by atoms with Gasteiger partial charge in [0.2, 0.25) is 0 Å². The van der Waals surface area contributed by atoms with Crippen LogP contribution < -0.4 is 20.1 Å². The predicted molar refractivity (Wildman–Crippen MR) is 164 cm³/mol. The van der Waals surface area contributed by atoms with E-state index in [-0.39, 0.29) is 28.3 Å². The van der Waals surface area contributed by atoms with Gasteiger partial charge in [-0.3, -0.25) is 9.69 Å². The van der Waals surface area contributed by atoms with E-state index in [1.165, 1.54) is 6.07 Å². The number of anilines is 1. The van der Waals surface area contributed by atoms with Crippen LogP contribution in [0.5, 0.6) is 11.5 Å². The zero-order chi connectivity index (χ0) is 30.3. The Hall–Kier alpha value is -4.09. The van der Waals surface area contributed by atoms with Crippen molar-refractivity contribution in [3.8, 4) is 17.6 Å². The molecule has 1 aliphatic carbocycles. The summed E-state index contributed by atoms with van der Waals surface area (Å²) >= 11 is 3.32. The molecule has 3 aromatic rings. The monoisotopic (exact) mass is 629 g/mol. The van der Waals surface area contributed by atoms with E-state index in [4.69, 9.17) is 15.2 Å². The number of rotatable bonds is 6. The molecule has 5 rings (SSSR count). The van der Waals surface area contributed by atoms with Crippen LogP contribution in [-0.2, 0) is 11.4 Å². The molecule has 2 N–H and O–H groups in total. The second-order valence-corrected chi connectivity index (χ2v) is 12.6. The highest BCUT2D eigenvalue weighted by atomic mass is 79.9. The van der Waals surface area contributed by atoms with Crippen molar-refractivity contribution in [2.75, 3.05) is 12.0 Å². The summed E-state index contributed by atoms with van der Waals surface area (Å²) in [5.74, 6) is 0.315. The molecule has 1 unspecified atom stereocenters. The SMILES string of the molecule is COc1ccc(OCc2cc(C3C(C#N)=C(N)N(c4ccc(Br)cc4F)C4=C3C(=O)CC(C)(C)C4)c(C)cc2C)cc1. The molecule has 6 nitrogen and oxygen atoms in total. The van der Waals surface area contributed by atoms with Crippen molar-refractivity contribution in [3.05, 3.63) is 110 Å². The van der Waals surface area contributed by atoms with Gasteiger partial charge < -0.3 is 15.2 Å². The number of benzene rings is 3. The van der Waals surface area contributed by atoms with E-state index in [0.717, 1.165) is 28.0 Å². The van der Waals surface area contributed by atoms with E-state index >= 15 is 4.39 Å².